The number of carboxylic acid groups (broad SMARTS) is 1. The summed E-state index contributed by atoms with van der Waals surface area (Å²) in [6.07, 6.45) is 2.17. The zero-order chi connectivity index (χ0) is 14.3. The molecule has 7 heteroatoms. The molecule has 0 aliphatic carbocycles. The second-order valence-electron chi connectivity index (χ2n) is 3.86. The van der Waals surface area contributed by atoms with E-state index in [1.807, 2.05) is 0 Å². The molecule has 1 unspecified atom stereocenters. The lowest BCUT2D eigenvalue weighted by molar-refractivity contribution is -0.139. The number of halogens is 1. The summed E-state index contributed by atoms with van der Waals surface area (Å²) >= 11 is 5.65. The summed E-state index contributed by atoms with van der Waals surface area (Å²) in [5, 5.41) is 11.8. The molecular formula is C12H15ClN2O4. The fourth-order valence-corrected chi connectivity index (χ4v) is 1.54. The van der Waals surface area contributed by atoms with Crippen LogP contribution in [0.1, 0.15) is 23.3 Å². The number of aliphatic carboxylic acids is 1. The lowest BCUT2D eigenvalue weighted by Crippen LogP contribution is -2.41. The Hall–Kier alpha value is -1.66. The molecule has 0 saturated heterocycles. The first-order valence-electron chi connectivity index (χ1n) is 5.68. The van der Waals surface area contributed by atoms with E-state index in [1.54, 1.807) is 0 Å². The van der Waals surface area contributed by atoms with E-state index in [4.69, 9.17) is 21.4 Å². The Kier molecular flexibility index (Phi) is 6.24. The number of nitrogens with zero attached hydrogens (tertiary/aromatic N) is 1. The summed E-state index contributed by atoms with van der Waals surface area (Å²) in [5.74, 6) is -1.63. The number of hydrogen-bond acceptors (Lipinski definition) is 4. The molecule has 1 amide bonds. The first-order valence-corrected chi connectivity index (χ1v) is 6.06. The number of methoxy groups -OCH3 is 1. The van der Waals surface area contributed by atoms with Gasteiger partial charge in [-0.05, 0) is 25.0 Å². The summed E-state index contributed by atoms with van der Waals surface area (Å²) < 4.78 is 4.84. The van der Waals surface area contributed by atoms with Crippen molar-refractivity contribution in [3.8, 4) is 0 Å². The third kappa shape index (κ3) is 5.23. The van der Waals surface area contributed by atoms with Crippen LogP contribution in [0.4, 0.5) is 0 Å². The van der Waals surface area contributed by atoms with Gasteiger partial charge in [-0.2, -0.15) is 0 Å². The van der Waals surface area contributed by atoms with Gasteiger partial charge in [0.05, 0.1) is 5.02 Å². The third-order valence-corrected chi connectivity index (χ3v) is 2.63. The zero-order valence-electron chi connectivity index (χ0n) is 10.4. The summed E-state index contributed by atoms with van der Waals surface area (Å²) in [7, 11) is 1.53. The first kappa shape index (κ1) is 15.4. The highest BCUT2D eigenvalue weighted by molar-refractivity contribution is 6.30. The minimum Gasteiger partial charge on any atom is -0.480 e. The van der Waals surface area contributed by atoms with Crippen LogP contribution >= 0.6 is 11.6 Å². The molecule has 1 atom stereocenters. The molecule has 19 heavy (non-hydrogen) atoms. The molecule has 1 aromatic rings. The fourth-order valence-electron chi connectivity index (χ4n) is 1.43. The van der Waals surface area contributed by atoms with Gasteiger partial charge in [0, 0.05) is 19.9 Å². The lowest BCUT2D eigenvalue weighted by atomic mass is 10.1. The second kappa shape index (κ2) is 7.70. The van der Waals surface area contributed by atoms with Gasteiger partial charge in [-0.3, -0.25) is 4.79 Å². The van der Waals surface area contributed by atoms with Crippen LogP contribution in [-0.2, 0) is 9.53 Å². The molecule has 0 radical (unpaired) electrons. The van der Waals surface area contributed by atoms with Crippen molar-refractivity contribution in [1.82, 2.24) is 10.3 Å². The molecule has 1 aromatic heterocycles. The summed E-state index contributed by atoms with van der Waals surface area (Å²) in [5.41, 5.74) is 0.127. The minimum absolute atomic E-state index is 0.127. The highest BCUT2D eigenvalue weighted by Gasteiger charge is 2.20. The smallest absolute Gasteiger partial charge is 0.326 e. The number of carboxylic acids is 1. The van der Waals surface area contributed by atoms with Gasteiger partial charge in [-0.1, -0.05) is 11.6 Å². The van der Waals surface area contributed by atoms with Gasteiger partial charge in [0.2, 0.25) is 0 Å². The number of carbonyl (C=O) groups is 2. The van der Waals surface area contributed by atoms with Gasteiger partial charge in [-0.25, -0.2) is 9.78 Å². The van der Waals surface area contributed by atoms with Crippen molar-refractivity contribution in [1.29, 1.82) is 0 Å². The van der Waals surface area contributed by atoms with Crippen LogP contribution in [0, 0.1) is 0 Å². The molecule has 0 aliphatic rings. The van der Waals surface area contributed by atoms with Crippen LogP contribution < -0.4 is 5.32 Å². The Morgan fingerprint density at radius 2 is 2.26 bits per heavy atom. The summed E-state index contributed by atoms with van der Waals surface area (Å²) in [6.45, 7) is 0.443. The average Bonchev–Trinajstić information content (AvgIpc) is 2.38. The van der Waals surface area contributed by atoms with Gasteiger partial charge in [0.25, 0.3) is 5.91 Å². The molecule has 0 aromatic carbocycles. The van der Waals surface area contributed by atoms with Crippen LogP contribution in [0.2, 0.25) is 5.02 Å². The number of hydrogen-bond donors (Lipinski definition) is 2. The number of pyridine rings is 1. The van der Waals surface area contributed by atoms with Crippen LogP contribution in [-0.4, -0.2) is 41.7 Å². The summed E-state index contributed by atoms with van der Waals surface area (Å²) in [4.78, 5) is 26.6. The maximum Gasteiger partial charge on any atom is 0.326 e. The van der Waals surface area contributed by atoms with Crippen LogP contribution in [0.3, 0.4) is 0 Å². The lowest BCUT2D eigenvalue weighted by Gasteiger charge is -2.13. The number of nitrogens with one attached hydrogen (secondary N) is 1. The fraction of sp³-hybridized carbons (Fsp3) is 0.417. The Morgan fingerprint density at radius 1 is 1.53 bits per heavy atom. The third-order valence-electron chi connectivity index (χ3n) is 2.40. The van der Waals surface area contributed by atoms with Gasteiger partial charge in [-0.15, -0.1) is 0 Å². The zero-order valence-corrected chi connectivity index (χ0v) is 11.2. The van der Waals surface area contributed by atoms with Gasteiger partial charge in [0.1, 0.15) is 11.7 Å². The van der Waals surface area contributed by atoms with E-state index in [2.05, 4.69) is 10.3 Å². The molecule has 0 aliphatic heterocycles. The standard InChI is InChI=1S/C12H15ClN2O4/c1-19-6-2-3-10(12(17)18)15-11(16)9-5-4-8(13)7-14-9/h4-5,7,10H,2-3,6H2,1H3,(H,15,16)(H,17,18). The number of ether oxygens (including phenoxy) is 1. The molecule has 6 nitrogen and oxygen atoms in total. The van der Waals surface area contributed by atoms with E-state index in [-0.39, 0.29) is 5.69 Å². The Labute approximate surface area is 115 Å². The second-order valence-corrected chi connectivity index (χ2v) is 4.30. The topological polar surface area (TPSA) is 88.5 Å². The quantitative estimate of drug-likeness (QED) is 0.739. The van der Waals surface area contributed by atoms with Crippen molar-refractivity contribution in [2.75, 3.05) is 13.7 Å². The minimum atomic E-state index is -1.08. The average molecular weight is 287 g/mol. The van der Waals surface area contributed by atoms with Crippen molar-refractivity contribution < 1.29 is 19.4 Å². The SMILES string of the molecule is COCCCC(NC(=O)c1ccc(Cl)cn1)C(=O)O. The van der Waals surface area contributed by atoms with E-state index in [0.29, 0.717) is 24.5 Å². The molecule has 1 rings (SSSR count). The maximum absolute atomic E-state index is 11.8. The molecule has 2 N–H and O–H groups in total. The van der Waals surface area contributed by atoms with Crippen LogP contribution in [0.15, 0.2) is 18.3 Å². The highest BCUT2D eigenvalue weighted by Crippen LogP contribution is 2.07. The predicted octanol–water partition coefficient (Wildman–Crippen LogP) is 1.34. The van der Waals surface area contributed by atoms with Crippen molar-refractivity contribution in [2.24, 2.45) is 0 Å². The Morgan fingerprint density at radius 3 is 2.79 bits per heavy atom. The van der Waals surface area contributed by atoms with E-state index in [9.17, 15) is 9.59 Å². The summed E-state index contributed by atoms with van der Waals surface area (Å²) in [6, 6.07) is 2.00. The first-order chi connectivity index (χ1) is 9.04. The molecule has 0 fully saturated rings. The molecule has 0 bridgehead atoms. The van der Waals surface area contributed by atoms with E-state index < -0.39 is 17.9 Å². The van der Waals surface area contributed by atoms with Crippen LogP contribution in [0.25, 0.3) is 0 Å². The Bertz CT molecular complexity index is 436. The van der Waals surface area contributed by atoms with E-state index >= 15 is 0 Å². The van der Waals surface area contributed by atoms with Crippen molar-refractivity contribution in [2.45, 2.75) is 18.9 Å². The maximum atomic E-state index is 11.8. The highest BCUT2D eigenvalue weighted by atomic mass is 35.5. The van der Waals surface area contributed by atoms with Gasteiger partial charge in [0.15, 0.2) is 0 Å². The predicted molar refractivity (Wildman–Crippen MR) is 69.2 cm³/mol. The van der Waals surface area contributed by atoms with Crippen LogP contribution in [0.5, 0.6) is 0 Å². The molecule has 0 saturated carbocycles. The molecular weight excluding hydrogens is 272 g/mol. The van der Waals surface area contributed by atoms with E-state index in [0.717, 1.165) is 0 Å². The number of rotatable bonds is 7. The van der Waals surface area contributed by atoms with E-state index in [1.165, 1.54) is 25.4 Å². The van der Waals surface area contributed by atoms with Gasteiger partial charge < -0.3 is 15.2 Å². The monoisotopic (exact) mass is 286 g/mol. The number of carbonyl (C=O) groups excluding carboxylic acids is 1. The Balaban J connectivity index is 2.60. The molecule has 104 valence electrons. The normalized spacial score (nSPS) is 11.9. The molecule has 1 heterocycles. The van der Waals surface area contributed by atoms with Crippen molar-refractivity contribution >= 4 is 23.5 Å². The van der Waals surface area contributed by atoms with Crippen molar-refractivity contribution in [3.63, 3.8) is 0 Å². The molecule has 0 spiro atoms. The van der Waals surface area contributed by atoms with Crippen molar-refractivity contribution in [3.05, 3.63) is 29.0 Å². The number of amides is 1. The van der Waals surface area contributed by atoms with Gasteiger partial charge >= 0.3 is 5.97 Å². The largest absolute Gasteiger partial charge is 0.480 e. The number of aromatic nitrogens is 1.